The second kappa shape index (κ2) is 6.30. The summed E-state index contributed by atoms with van der Waals surface area (Å²) in [5, 5.41) is 2.52. The number of halogens is 1. The maximum absolute atomic E-state index is 13.0. The standard InChI is InChI=1S/C21H14BrNO2/c22-15-11-9-14(10-12-15)20(24)13-23-19-8-4-3-6-17(19)16-5-1-2-7-18(16)21(23)25/h1-12H,13H2. The summed E-state index contributed by atoms with van der Waals surface area (Å²) in [5.41, 5.74) is 1.23. The number of rotatable bonds is 3. The highest BCUT2D eigenvalue weighted by molar-refractivity contribution is 9.10. The Morgan fingerprint density at radius 1 is 0.800 bits per heavy atom. The number of aromatic nitrogens is 1. The SMILES string of the molecule is O=C(Cn1c(=O)c2ccccc2c2ccccc21)c1ccc(Br)cc1. The van der Waals surface area contributed by atoms with Crippen LogP contribution in [-0.4, -0.2) is 10.4 Å². The van der Waals surface area contributed by atoms with Gasteiger partial charge < -0.3 is 0 Å². The highest BCUT2D eigenvalue weighted by atomic mass is 79.9. The van der Waals surface area contributed by atoms with Crippen LogP contribution in [0, 0.1) is 0 Å². The minimum atomic E-state index is -0.139. The fourth-order valence-corrected chi connectivity index (χ4v) is 3.39. The molecule has 4 heteroatoms. The zero-order valence-corrected chi connectivity index (χ0v) is 14.9. The van der Waals surface area contributed by atoms with Crippen LogP contribution in [0.15, 0.2) is 82.1 Å². The summed E-state index contributed by atoms with van der Waals surface area (Å²) in [6, 6.07) is 22.4. The molecule has 4 aromatic rings. The second-order valence-electron chi connectivity index (χ2n) is 5.88. The van der Waals surface area contributed by atoms with Gasteiger partial charge in [0.1, 0.15) is 0 Å². The minimum Gasteiger partial charge on any atom is -0.300 e. The molecule has 0 saturated heterocycles. The molecule has 0 fully saturated rings. The third-order valence-electron chi connectivity index (χ3n) is 4.36. The molecule has 4 rings (SSSR count). The molecule has 25 heavy (non-hydrogen) atoms. The van der Waals surface area contributed by atoms with E-state index in [0.29, 0.717) is 10.9 Å². The average Bonchev–Trinajstić information content (AvgIpc) is 2.65. The molecule has 122 valence electrons. The molecule has 0 N–H and O–H groups in total. The number of Topliss-reactive ketones (excluding diaryl/α,β-unsaturated/α-hetero) is 1. The normalized spacial score (nSPS) is 11.1. The van der Waals surface area contributed by atoms with Gasteiger partial charge in [-0.1, -0.05) is 64.5 Å². The summed E-state index contributed by atoms with van der Waals surface area (Å²) >= 11 is 3.37. The molecule has 0 aliphatic carbocycles. The number of para-hydroxylation sites is 1. The van der Waals surface area contributed by atoms with Gasteiger partial charge in [-0.2, -0.15) is 0 Å². The van der Waals surface area contributed by atoms with Crippen LogP contribution in [-0.2, 0) is 6.54 Å². The first-order chi connectivity index (χ1) is 12.1. The Morgan fingerprint density at radius 2 is 1.40 bits per heavy atom. The van der Waals surface area contributed by atoms with Gasteiger partial charge in [0.05, 0.1) is 12.1 Å². The van der Waals surface area contributed by atoms with Crippen molar-refractivity contribution in [2.45, 2.75) is 6.54 Å². The lowest BCUT2D eigenvalue weighted by Crippen LogP contribution is -2.25. The van der Waals surface area contributed by atoms with Gasteiger partial charge in [0.25, 0.3) is 5.56 Å². The van der Waals surface area contributed by atoms with E-state index < -0.39 is 0 Å². The molecule has 0 spiro atoms. The van der Waals surface area contributed by atoms with Crippen LogP contribution in [0.4, 0.5) is 0 Å². The fourth-order valence-electron chi connectivity index (χ4n) is 3.12. The molecule has 3 aromatic carbocycles. The van der Waals surface area contributed by atoms with Crippen LogP contribution >= 0.6 is 15.9 Å². The predicted octanol–water partition coefficient (Wildman–Crippen LogP) is 4.80. The highest BCUT2D eigenvalue weighted by Crippen LogP contribution is 2.22. The van der Waals surface area contributed by atoms with E-state index in [2.05, 4.69) is 15.9 Å². The number of hydrogen-bond acceptors (Lipinski definition) is 2. The molecular weight excluding hydrogens is 378 g/mol. The van der Waals surface area contributed by atoms with Crippen LogP contribution in [0.2, 0.25) is 0 Å². The summed E-state index contributed by atoms with van der Waals surface area (Å²) < 4.78 is 2.49. The fraction of sp³-hybridized carbons (Fsp3) is 0.0476. The highest BCUT2D eigenvalue weighted by Gasteiger charge is 2.14. The Balaban J connectivity index is 1.91. The maximum atomic E-state index is 13.0. The van der Waals surface area contributed by atoms with Crippen LogP contribution in [0.1, 0.15) is 10.4 Å². The van der Waals surface area contributed by atoms with Crippen molar-refractivity contribution in [3.8, 4) is 0 Å². The molecular formula is C21H14BrNO2. The van der Waals surface area contributed by atoms with Crippen molar-refractivity contribution in [2.24, 2.45) is 0 Å². The third kappa shape index (κ3) is 2.79. The maximum Gasteiger partial charge on any atom is 0.259 e. The summed E-state index contributed by atoms with van der Waals surface area (Å²) in [7, 11) is 0. The first kappa shape index (κ1) is 15.8. The Labute approximate surface area is 152 Å². The molecule has 1 aromatic heterocycles. The van der Waals surface area contributed by atoms with E-state index in [1.807, 2.05) is 60.7 Å². The van der Waals surface area contributed by atoms with Gasteiger partial charge >= 0.3 is 0 Å². The number of carbonyl (C=O) groups excluding carboxylic acids is 1. The van der Waals surface area contributed by atoms with Crippen molar-refractivity contribution < 1.29 is 4.79 Å². The molecule has 0 unspecified atom stereocenters. The quantitative estimate of drug-likeness (QED) is 0.371. The molecule has 0 amide bonds. The number of carbonyl (C=O) groups is 1. The Bertz CT molecular complexity index is 1160. The zero-order valence-electron chi connectivity index (χ0n) is 13.3. The van der Waals surface area contributed by atoms with Crippen molar-refractivity contribution in [3.05, 3.63) is 93.2 Å². The first-order valence-corrected chi connectivity index (χ1v) is 8.73. The molecule has 0 radical (unpaired) electrons. The number of pyridine rings is 1. The number of ketones is 1. The van der Waals surface area contributed by atoms with E-state index in [-0.39, 0.29) is 17.9 Å². The molecule has 0 bridgehead atoms. The number of benzene rings is 3. The Hall–Kier alpha value is -2.72. The minimum absolute atomic E-state index is 0.0197. The van der Waals surface area contributed by atoms with E-state index in [1.165, 1.54) is 0 Å². The molecule has 3 nitrogen and oxygen atoms in total. The molecule has 1 heterocycles. The third-order valence-corrected chi connectivity index (χ3v) is 4.88. The predicted molar refractivity (Wildman–Crippen MR) is 104 cm³/mol. The molecule has 0 aliphatic heterocycles. The zero-order chi connectivity index (χ0) is 17.4. The van der Waals surface area contributed by atoms with Gasteiger partial charge in [0, 0.05) is 20.8 Å². The molecule has 0 atom stereocenters. The van der Waals surface area contributed by atoms with Gasteiger partial charge in [0.15, 0.2) is 5.78 Å². The second-order valence-corrected chi connectivity index (χ2v) is 6.80. The van der Waals surface area contributed by atoms with Gasteiger partial charge in [-0.15, -0.1) is 0 Å². The summed E-state index contributed by atoms with van der Waals surface area (Å²) in [6.45, 7) is 0.0197. The van der Waals surface area contributed by atoms with Crippen LogP contribution < -0.4 is 5.56 Å². The van der Waals surface area contributed by atoms with E-state index in [0.717, 1.165) is 20.8 Å². The lowest BCUT2D eigenvalue weighted by molar-refractivity contribution is 0.0972. The van der Waals surface area contributed by atoms with E-state index in [1.54, 1.807) is 16.7 Å². The Kier molecular flexibility index (Phi) is 3.98. The lowest BCUT2D eigenvalue weighted by atomic mass is 10.1. The lowest BCUT2D eigenvalue weighted by Gasteiger charge is -2.12. The number of nitrogens with zero attached hydrogens (tertiary/aromatic N) is 1. The monoisotopic (exact) mass is 391 g/mol. The summed E-state index contributed by atoms with van der Waals surface area (Å²) in [5.74, 6) is -0.0879. The summed E-state index contributed by atoms with van der Waals surface area (Å²) in [6.07, 6.45) is 0. The Morgan fingerprint density at radius 3 is 2.12 bits per heavy atom. The smallest absolute Gasteiger partial charge is 0.259 e. The van der Waals surface area contributed by atoms with Gasteiger partial charge in [-0.3, -0.25) is 14.2 Å². The largest absolute Gasteiger partial charge is 0.300 e. The van der Waals surface area contributed by atoms with Crippen molar-refractivity contribution in [1.29, 1.82) is 0 Å². The van der Waals surface area contributed by atoms with E-state index in [9.17, 15) is 9.59 Å². The van der Waals surface area contributed by atoms with E-state index in [4.69, 9.17) is 0 Å². The van der Waals surface area contributed by atoms with Crippen molar-refractivity contribution in [3.63, 3.8) is 0 Å². The molecule has 0 aliphatic rings. The van der Waals surface area contributed by atoms with Crippen molar-refractivity contribution in [2.75, 3.05) is 0 Å². The van der Waals surface area contributed by atoms with Crippen LogP contribution in [0.5, 0.6) is 0 Å². The van der Waals surface area contributed by atoms with E-state index >= 15 is 0 Å². The van der Waals surface area contributed by atoms with Gasteiger partial charge in [0.2, 0.25) is 0 Å². The summed E-state index contributed by atoms with van der Waals surface area (Å²) in [4.78, 5) is 25.6. The van der Waals surface area contributed by atoms with Gasteiger partial charge in [-0.25, -0.2) is 0 Å². The van der Waals surface area contributed by atoms with Gasteiger partial charge in [-0.05, 0) is 29.7 Å². The number of hydrogen-bond donors (Lipinski definition) is 0. The van der Waals surface area contributed by atoms with Crippen molar-refractivity contribution in [1.82, 2.24) is 4.57 Å². The average molecular weight is 392 g/mol. The van der Waals surface area contributed by atoms with Crippen LogP contribution in [0.25, 0.3) is 21.7 Å². The topological polar surface area (TPSA) is 39.1 Å². The number of fused-ring (bicyclic) bond motifs is 3. The van der Waals surface area contributed by atoms with Crippen LogP contribution in [0.3, 0.4) is 0 Å². The van der Waals surface area contributed by atoms with Crippen molar-refractivity contribution >= 4 is 43.4 Å². The first-order valence-electron chi connectivity index (χ1n) is 7.94. The molecule has 0 saturated carbocycles.